The van der Waals surface area contributed by atoms with Gasteiger partial charge in [-0.1, -0.05) is 30.3 Å². The molecule has 0 aromatic heterocycles. The quantitative estimate of drug-likeness (QED) is 0.107. The lowest BCUT2D eigenvalue weighted by Crippen LogP contribution is -2.52. The summed E-state index contributed by atoms with van der Waals surface area (Å²) in [7, 11) is 3.39. The highest BCUT2D eigenvalue weighted by Crippen LogP contribution is 2.50. The number of unbranched alkanes of at least 4 members (excludes halogenated alkanes) is 1. The SMILES string of the molecule is CC[N+]1(c2ccccc2OCCCCN2CCN(CCc3cc(OC)cc(OC)c3)CC2)Sc2ccccc2C(C)C1=O.Cl.Cl. The summed E-state index contributed by atoms with van der Waals surface area (Å²) in [5.41, 5.74) is 3.32. The molecule has 0 saturated carbocycles. The summed E-state index contributed by atoms with van der Waals surface area (Å²) < 4.78 is 17.4. The predicted molar refractivity (Wildman–Crippen MR) is 190 cm³/mol. The third kappa shape index (κ3) is 8.67. The first-order chi connectivity index (χ1) is 21.0. The fourth-order valence-corrected chi connectivity index (χ4v) is 7.62. The molecule has 2 aliphatic heterocycles. The first kappa shape index (κ1) is 37.0. The van der Waals surface area contributed by atoms with Crippen LogP contribution in [-0.2, 0) is 11.2 Å². The fraction of sp³-hybridized carbons (Fsp3) is 0.457. The second kappa shape index (κ2) is 17.5. The van der Waals surface area contributed by atoms with Crippen molar-refractivity contribution in [3.05, 3.63) is 77.9 Å². The molecular formula is C35H48Cl2N3O4S+. The minimum atomic E-state index is -0.156. The van der Waals surface area contributed by atoms with Gasteiger partial charge in [-0.15, -0.1) is 24.8 Å². The molecule has 246 valence electrons. The van der Waals surface area contributed by atoms with E-state index in [1.807, 2.05) is 37.3 Å². The van der Waals surface area contributed by atoms with Crippen LogP contribution < -0.4 is 18.1 Å². The van der Waals surface area contributed by atoms with Crippen molar-refractivity contribution in [3.8, 4) is 17.2 Å². The van der Waals surface area contributed by atoms with E-state index < -0.39 is 0 Å². The smallest absolute Gasteiger partial charge is 0.337 e. The van der Waals surface area contributed by atoms with Gasteiger partial charge in [0.1, 0.15) is 23.4 Å². The summed E-state index contributed by atoms with van der Waals surface area (Å²) in [6.45, 7) is 12.0. The van der Waals surface area contributed by atoms with Gasteiger partial charge in [0.25, 0.3) is 0 Å². The average Bonchev–Trinajstić information content (AvgIpc) is 3.06. The van der Waals surface area contributed by atoms with E-state index in [0.717, 1.165) is 87.0 Å². The molecule has 5 rings (SSSR count). The minimum Gasteiger partial charge on any atom is -0.497 e. The van der Waals surface area contributed by atoms with Gasteiger partial charge in [-0.3, -0.25) is 0 Å². The van der Waals surface area contributed by atoms with E-state index in [0.29, 0.717) is 13.2 Å². The van der Waals surface area contributed by atoms with Gasteiger partial charge in [0.05, 0.1) is 38.2 Å². The number of ether oxygens (including phenoxy) is 3. The number of amides is 1. The third-order valence-corrected chi connectivity index (χ3v) is 10.3. The van der Waals surface area contributed by atoms with Crippen LogP contribution in [0.15, 0.2) is 71.6 Å². The van der Waals surface area contributed by atoms with Crippen molar-refractivity contribution in [2.24, 2.45) is 0 Å². The molecule has 1 amide bonds. The summed E-state index contributed by atoms with van der Waals surface area (Å²) in [4.78, 5) is 20.1. The van der Waals surface area contributed by atoms with Crippen LogP contribution in [0, 0.1) is 0 Å². The van der Waals surface area contributed by atoms with Crippen molar-refractivity contribution in [2.75, 3.05) is 66.6 Å². The van der Waals surface area contributed by atoms with Gasteiger partial charge in [0.2, 0.25) is 0 Å². The number of rotatable bonds is 13. The Morgan fingerprint density at radius 2 is 1.47 bits per heavy atom. The average molecular weight is 678 g/mol. The molecule has 2 atom stereocenters. The maximum atomic E-state index is 13.8. The standard InChI is InChI=1S/C35H46N3O4S.2ClH/c1-5-38(35(39)27(2)31-12-6-9-15-34(31)43-38)32-13-7-8-14-33(32)42-23-11-10-17-36-19-21-37(22-20-36)18-16-28-24-29(40-3)26-30(25-28)41-4;;/h6-9,12-15,24-27H,5,10-11,16-23H2,1-4H3;2*1H/q+1;;. The lowest BCUT2D eigenvalue weighted by atomic mass is 9.98. The number of fused-ring (bicyclic) bond motifs is 1. The normalized spacial score (nSPS) is 20.0. The maximum Gasteiger partial charge on any atom is 0.337 e. The Bertz CT molecular complexity index is 1370. The summed E-state index contributed by atoms with van der Waals surface area (Å²) in [5.74, 6) is 2.56. The van der Waals surface area contributed by atoms with E-state index in [9.17, 15) is 4.79 Å². The van der Waals surface area contributed by atoms with Crippen LogP contribution in [-0.4, -0.2) is 82.3 Å². The number of hydrogen-bond acceptors (Lipinski definition) is 7. The number of halogens is 2. The highest BCUT2D eigenvalue weighted by atomic mass is 35.5. The number of hydrogen-bond donors (Lipinski definition) is 0. The van der Waals surface area contributed by atoms with Crippen LogP contribution in [0.4, 0.5) is 5.69 Å². The number of likely N-dealkylation sites (N-methyl/N-ethyl adjacent to an activating group) is 1. The highest BCUT2D eigenvalue weighted by molar-refractivity contribution is 7.99. The molecule has 2 heterocycles. The predicted octanol–water partition coefficient (Wildman–Crippen LogP) is 7.24. The molecule has 1 saturated heterocycles. The van der Waals surface area contributed by atoms with Crippen LogP contribution >= 0.6 is 36.8 Å². The molecule has 0 bridgehead atoms. The molecule has 45 heavy (non-hydrogen) atoms. The van der Waals surface area contributed by atoms with Gasteiger partial charge < -0.3 is 24.0 Å². The van der Waals surface area contributed by atoms with Crippen LogP contribution in [0.2, 0.25) is 0 Å². The fourth-order valence-electron chi connectivity index (χ4n) is 6.17. The molecule has 0 radical (unpaired) electrons. The maximum absolute atomic E-state index is 13.8. The van der Waals surface area contributed by atoms with E-state index in [1.54, 1.807) is 26.2 Å². The first-order valence-electron chi connectivity index (χ1n) is 15.6. The summed E-state index contributed by atoms with van der Waals surface area (Å²) in [5, 5.41) is 0. The molecule has 2 aliphatic rings. The molecule has 7 nitrogen and oxygen atoms in total. The number of para-hydroxylation sites is 2. The number of methoxy groups -OCH3 is 2. The van der Waals surface area contributed by atoms with Crippen LogP contribution in [0.1, 0.15) is 43.7 Å². The second-order valence-electron chi connectivity index (χ2n) is 11.4. The Labute approximate surface area is 285 Å². The topological polar surface area (TPSA) is 51.2 Å². The molecule has 2 unspecified atom stereocenters. The Kier molecular flexibility index (Phi) is 14.4. The van der Waals surface area contributed by atoms with Gasteiger partial charge >= 0.3 is 5.91 Å². The first-order valence-corrected chi connectivity index (χ1v) is 16.3. The van der Waals surface area contributed by atoms with E-state index in [-0.39, 0.29) is 40.5 Å². The van der Waals surface area contributed by atoms with Crippen LogP contribution in [0.5, 0.6) is 17.2 Å². The molecule has 3 aromatic carbocycles. The summed E-state index contributed by atoms with van der Waals surface area (Å²) in [6.07, 6.45) is 3.07. The number of nitrogens with zero attached hydrogens (tertiary/aromatic N) is 3. The molecule has 3 aromatic rings. The Balaban J connectivity index is 0.00000276. The van der Waals surface area contributed by atoms with Gasteiger partial charge in [-0.25, -0.2) is 4.79 Å². The van der Waals surface area contributed by atoms with Gasteiger partial charge in [0, 0.05) is 44.9 Å². The van der Waals surface area contributed by atoms with Crippen molar-refractivity contribution in [3.63, 3.8) is 0 Å². The number of quaternary nitrogens is 1. The number of carbonyl (C=O) groups excluding carboxylic acids is 1. The van der Waals surface area contributed by atoms with Crippen molar-refractivity contribution < 1.29 is 19.0 Å². The second-order valence-corrected chi connectivity index (χ2v) is 12.7. The molecule has 0 N–H and O–H groups in total. The molecular weight excluding hydrogens is 629 g/mol. The van der Waals surface area contributed by atoms with Crippen LogP contribution in [0.3, 0.4) is 0 Å². The Morgan fingerprint density at radius 1 is 0.844 bits per heavy atom. The van der Waals surface area contributed by atoms with Gasteiger partial charge in [-0.2, -0.15) is 3.89 Å². The molecule has 0 spiro atoms. The van der Waals surface area contributed by atoms with Crippen molar-refractivity contribution in [1.29, 1.82) is 0 Å². The van der Waals surface area contributed by atoms with E-state index >= 15 is 0 Å². The van der Waals surface area contributed by atoms with E-state index in [4.69, 9.17) is 14.2 Å². The van der Waals surface area contributed by atoms with E-state index in [2.05, 4.69) is 53.1 Å². The Hall–Kier alpha value is -2.46. The summed E-state index contributed by atoms with van der Waals surface area (Å²) >= 11 is 1.64. The summed E-state index contributed by atoms with van der Waals surface area (Å²) in [6, 6.07) is 22.5. The molecule has 1 fully saturated rings. The third-order valence-electron chi connectivity index (χ3n) is 8.78. The van der Waals surface area contributed by atoms with E-state index in [1.165, 1.54) is 10.5 Å². The van der Waals surface area contributed by atoms with Crippen molar-refractivity contribution >= 4 is 48.4 Å². The monoisotopic (exact) mass is 676 g/mol. The zero-order valence-electron chi connectivity index (χ0n) is 26.9. The zero-order valence-corrected chi connectivity index (χ0v) is 29.4. The van der Waals surface area contributed by atoms with Crippen molar-refractivity contribution in [1.82, 2.24) is 13.7 Å². The largest absolute Gasteiger partial charge is 0.497 e. The van der Waals surface area contributed by atoms with Crippen LogP contribution in [0.25, 0.3) is 0 Å². The highest BCUT2D eigenvalue weighted by Gasteiger charge is 2.49. The van der Waals surface area contributed by atoms with Crippen molar-refractivity contribution in [2.45, 2.75) is 43.9 Å². The number of carbonyl (C=O) groups is 1. The lowest BCUT2D eigenvalue weighted by molar-refractivity contribution is -0.127. The zero-order chi connectivity index (χ0) is 30.2. The van der Waals surface area contributed by atoms with Gasteiger partial charge in [-0.05, 0) is 75.0 Å². The minimum absolute atomic E-state index is 0. The number of benzene rings is 3. The Morgan fingerprint density at radius 3 is 2.13 bits per heavy atom. The number of piperazine rings is 1. The molecule has 0 aliphatic carbocycles. The molecule has 10 heteroatoms. The van der Waals surface area contributed by atoms with Gasteiger partial charge in [0.15, 0.2) is 11.4 Å². The lowest BCUT2D eigenvalue weighted by Gasteiger charge is -2.38.